The highest BCUT2D eigenvalue weighted by Crippen LogP contribution is 2.42. The fourth-order valence-electron chi connectivity index (χ4n) is 2.23. The largest absolute Gasteiger partial charge is 0.438 e. The van der Waals surface area contributed by atoms with Crippen molar-refractivity contribution < 1.29 is 23.1 Å². The summed E-state index contributed by atoms with van der Waals surface area (Å²) in [5, 5.41) is 14.4. The van der Waals surface area contributed by atoms with Gasteiger partial charge in [0.15, 0.2) is 0 Å². The normalized spacial score (nSPS) is 21.8. The van der Waals surface area contributed by atoms with Crippen molar-refractivity contribution in [3.8, 4) is 0 Å². The van der Waals surface area contributed by atoms with Crippen molar-refractivity contribution in [1.82, 2.24) is 5.01 Å². The Morgan fingerprint density at radius 3 is 2.52 bits per heavy atom. The van der Waals surface area contributed by atoms with Gasteiger partial charge in [-0.2, -0.15) is 23.3 Å². The predicted octanol–water partition coefficient (Wildman–Crippen LogP) is 3.76. The molecule has 23 heavy (non-hydrogen) atoms. The molecule has 0 saturated carbocycles. The first kappa shape index (κ1) is 17.7. The summed E-state index contributed by atoms with van der Waals surface area (Å²) in [7, 11) is 0. The van der Waals surface area contributed by atoms with Crippen LogP contribution in [0.4, 0.5) is 13.2 Å². The minimum atomic E-state index is -5.02. The summed E-state index contributed by atoms with van der Waals surface area (Å²) in [6, 6.07) is 4.08. The van der Waals surface area contributed by atoms with Gasteiger partial charge in [0.2, 0.25) is 0 Å². The number of benzene rings is 1. The van der Waals surface area contributed by atoms with Crippen molar-refractivity contribution in [3.05, 3.63) is 34.3 Å². The maximum Gasteiger partial charge on any atom is 0.438 e. The van der Waals surface area contributed by atoms with Gasteiger partial charge in [-0.3, -0.25) is 4.79 Å². The van der Waals surface area contributed by atoms with E-state index in [0.29, 0.717) is 10.6 Å². The third kappa shape index (κ3) is 3.07. The molecule has 1 aliphatic rings. The molecule has 0 aromatic heterocycles. The van der Waals surface area contributed by atoms with Crippen LogP contribution in [0.3, 0.4) is 0 Å². The molecule has 1 aromatic carbocycles. The summed E-state index contributed by atoms with van der Waals surface area (Å²) >= 11 is 5.86. The lowest BCUT2D eigenvalue weighted by molar-refractivity contribution is -0.297. The summed E-state index contributed by atoms with van der Waals surface area (Å²) in [6.07, 6.45) is -5.78. The Bertz CT molecular complexity index is 673. The van der Waals surface area contributed by atoms with E-state index in [2.05, 4.69) is 5.10 Å². The number of alkyl halides is 3. The zero-order valence-electron chi connectivity index (χ0n) is 12.8. The van der Waals surface area contributed by atoms with E-state index < -0.39 is 24.2 Å². The molecule has 0 fully saturated rings. The van der Waals surface area contributed by atoms with Crippen LogP contribution in [0.5, 0.6) is 0 Å². The Labute approximate surface area is 136 Å². The molecule has 0 aliphatic carbocycles. The van der Waals surface area contributed by atoms with Crippen molar-refractivity contribution >= 4 is 23.2 Å². The van der Waals surface area contributed by atoms with Crippen LogP contribution in [0.1, 0.15) is 36.2 Å². The lowest BCUT2D eigenvalue weighted by Crippen LogP contribution is -2.56. The van der Waals surface area contributed by atoms with E-state index in [1.807, 2.05) is 0 Å². The van der Waals surface area contributed by atoms with E-state index in [9.17, 15) is 23.1 Å². The third-order valence-corrected chi connectivity index (χ3v) is 4.15. The molecule has 1 atom stereocenters. The molecule has 1 amide bonds. The van der Waals surface area contributed by atoms with Gasteiger partial charge < -0.3 is 5.11 Å². The second-order valence-electron chi connectivity index (χ2n) is 5.82. The van der Waals surface area contributed by atoms with Gasteiger partial charge in [0.05, 0.1) is 0 Å². The maximum atomic E-state index is 13.3. The minimum Gasteiger partial charge on any atom is -0.362 e. The van der Waals surface area contributed by atoms with Crippen LogP contribution >= 0.6 is 11.6 Å². The maximum absolute atomic E-state index is 13.3. The van der Waals surface area contributed by atoms with Crippen LogP contribution in [0.2, 0.25) is 5.02 Å². The number of amides is 1. The smallest absolute Gasteiger partial charge is 0.362 e. The highest BCUT2D eigenvalue weighted by molar-refractivity contribution is 6.31. The van der Waals surface area contributed by atoms with Crippen molar-refractivity contribution in [2.75, 3.05) is 0 Å². The molecule has 126 valence electrons. The van der Waals surface area contributed by atoms with Crippen molar-refractivity contribution in [3.63, 3.8) is 0 Å². The van der Waals surface area contributed by atoms with Gasteiger partial charge in [-0.25, -0.2) is 0 Å². The first-order valence-electron chi connectivity index (χ1n) is 6.94. The first-order chi connectivity index (χ1) is 10.5. The second-order valence-corrected chi connectivity index (χ2v) is 6.23. The number of aryl methyl sites for hydroxylation is 1. The highest BCUT2D eigenvalue weighted by Gasteiger charge is 2.63. The van der Waals surface area contributed by atoms with Gasteiger partial charge in [0.25, 0.3) is 11.6 Å². The van der Waals surface area contributed by atoms with E-state index in [-0.39, 0.29) is 22.2 Å². The molecule has 0 saturated heterocycles. The van der Waals surface area contributed by atoms with E-state index in [1.165, 1.54) is 18.2 Å². The van der Waals surface area contributed by atoms with Gasteiger partial charge >= 0.3 is 6.18 Å². The molecule has 1 heterocycles. The van der Waals surface area contributed by atoms with Crippen LogP contribution in [0, 0.1) is 12.8 Å². The number of halogens is 4. The van der Waals surface area contributed by atoms with Crippen LogP contribution in [-0.2, 0) is 0 Å². The number of hydrogen-bond acceptors (Lipinski definition) is 3. The second kappa shape index (κ2) is 5.79. The fraction of sp³-hybridized carbons (Fsp3) is 0.467. The molecule has 0 unspecified atom stereocenters. The summed E-state index contributed by atoms with van der Waals surface area (Å²) in [5.41, 5.74) is -2.70. The summed E-state index contributed by atoms with van der Waals surface area (Å²) in [5.74, 6) is -1.35. The molecule has 8 heteroatoms. The monoisotopic (exact) mass is 348 g/mol. The molecule has 0 bridgehead atoms. The number of rotatable bonds is 2. The Balaban J connectivity index is 2.47. The lowest BCUT2D eigenvalue weighted by atomic mass is 9.98. The number of hydrogen-bond donors (Lipinski definition) is 1. The quantitative estimate of drug-likeness (QED) is 0.884. The van der Waals surface area contributed by atoms with E-state index in [1.54, 1.807) is 20.8 Å². The molecule has 1 aliphatic heterocycles. The molecule has 2 rings (SSSR count). The van der Waals surface area contributed by atoms with Crippen LogP contribution in [0.25, 0.3) is 0 Å². The van der Waals surface area contributed by atoms with Gasteiger partial charge in [-0.15, -0.1) is 0 Å². The average Bonchev–Trinajstić information content (AvgIpc) is 2.80. The Hall–Kier alpha value is -1.60. The first-order valence-corrected chi connectivity index (χ1v) is 7.32. The Morgan fingerprint density at radius 2 is 2.04 bits per heavy atom. The number of nitrogens with zero attached hydrogens (tertiary/aromatic N) is 2. The predicted molar refractivity (Wildman–Crippen MR) is 80.3 cm³/mol. The number of carbonyl (C=O) groups is 1. The van der Waals surface area contributed by atoms with Gasteiger partial charge in [0.1, 0.15) is 0 Å². The van der Waals surface area contributed by atoms with Crippen LogP contribution < -0.4 is 0 Å². The summed E-state index contributed by atoms with van der Waals surface area (Å²) in [4.78, 5) is 12.5. The number of aliphatic hydroxyl groups is 1. The molecule has 1 aromatic rings. The van der Waals surface area contributed by atoms with Gasteiger partial charge in [-0.1, -0.05) is 25.4 Å². The Morgan fingerprint density at radius 1 is 1.43 bits per heavy atom. The highest BCUT2D eigenvalue weighted by atomic mass is 35.5. The standard InChI is InChI=1S/C15H16ClF3N2O2/c1-8(2)12-7-14(23,15(17,18)19)21(20-12)13(22)10-4-5-11(16)9(3)6-10/h4-6,8,23H,7H2,1-3H3/t14-/m0/s1. The van der Waals surface area contributed by atoms with Crippen LogP contribution in [0.15, 0.2) is 23.3 Å². The molecule has 0 radical (unpaired) electrons. The summed E-state index contributed by atoms with van der Waals surface area (Å²) in [6.45, 7) is 4.92. The van der Waals surface area contributed by atoms with Gasteiger partial charge in [-0.05, 0) is 36.6 Å². The lowest BCUT2D eigenvalue weighted by Gasteiger charge is -2.32. The van der Waals surface area contributed by atoms with Gasteiger partial charge in [0, 0.05) is 22.7 Å². The van der Waals surface area contributed by atoms with E-state index in [0.717, 1.165) is 0 Å². The SMILES string of the molecule is Cc1cc(C(=O)N2N=C(C(C)C)C[C@]2(O)C(F)(F)F)ccc1Cl. The zero-order chi connectivity index (χ0) is 17.6. The third-order valence-electron chi connectivity index (χ3n) is 3.72. The van der Waals surface area contributed by atoms with Crippen molar-refractivity contribution in [2.45, 2.75) is 39.1 Å². The van der Waals surface area contributed by atoms with E-state index in [4.69, 9.17) is 11.6 Å². The minimum absolute atomic E-state index is 0.0247. The van der Waals surface area contributed by atoms with E-state index >= 15 is 0 Å². The van der Waals surface area contributed by atoms with Crippen LogP contribution in [-0.4, -0.2) is 33.6 Å². The molecule has 4 nitrogen and oxygen atoms in total. The molecule has 0 spiro atoms. The Kier molecular flexibility index (Phi) is 4.47. The van der Waals surface area contributed by atoms with Crippen molar-refractivity contribution in [2.24, 2.45) is 11.0 Å². The average molecular weight is 349 g/mol. The number of hydrazone groups is 1. The van der Waals surface area contributed by atoms with Crippen molar-refractivity contribution in [1.29, 1.82) is 0 Å². The molecular formula is C15H16ClF3N2O2. The zero-order valence-corrected chi connectivity index (χ0v) is 13.5. The molecular weight excluding hydrogens is 333 g/mol. The summed E-state index contributed by atoms with van der Waals surface area (Å²) < 4.78 is 39.9. The number of carbonyl (C=O) groups excluding carboxylic acids is 1. The fourth-order valence-corrected chi connectivity index (χ4v) is 2.34. The topological polar surface area (TPSA) is 52.9 Å². The molecule has 1 N–H and O–H groups in total.